The number of hydrogen-bond acceptors (Lipinski definition) is 4. The van der Waals surface area contributed by atoms with Gasteiger partial charge < -0.3 is 5.32 Å². The molecule has 5 heteroatoms. The molecule has 5 nitrogen and oxygen atoms in total. The first-order valence-corrected chi connectivity index (χ1v) is 9.73. The van der Waals surface area contributed by atoms with Gasteiger partial charge in [-0.1, -0.05) is 54.6 Å². The van der Waals surface area contributed by atoms with Crippen LogP contribution in [0.1, 0.15) is 34.2 Å². The lowest BCUT2D eigenvalue weighted by atomic mass is 9.93. The fourth-order valence-corrected chi connectivity index (χ4v) is 3.75. The molecule has 0 fully saturated rings. The zero-order chi connectivity index (χ0) is 21.1. The van der Waals surface area contributed by atoms with Gasteiger partial charge in [0.1, 0.15) is 5.69 Å². The van der Waals surface area contributed by atoms with Crippen molar-refractivity contribution in [2.75, 3.05) is 5.32 Å². The molecule has 4 rings (SSSR count). The summed E-state index contributed by atoms with van der Waals surface area (Å²) in [6.07, 6.45) is 1.41. The maximum absolute atomic E-state index is 11.7. The van der Waals surface area contributed by atoms with Crippen molar-refractivity contribution in [3.63, 3.8) is 0 Å². The molecule has 1 N–H and O–H groups in total. The summed E-state index contributed by atoms with van der Waals surface area (Å²) >= 11 is 0. The van der Waals surface area contributed by atoms with Crippen molar-refractivity contribution in [1.82, 2.24) is 10.2 Å². The van der Waals surface area contributed by atoms with Crippen LogP contribution in [-0.4, -0.2) is 22.4 Å². The normalized spacial score (nSPS) is 10.7. The summed E-state index contributed by atoms with van der Waals surface area (Å²) in [6.45, 7) is 3.48. The van der Waals surface area contributed by atoms with Gasteiger partial charge in [-0.05, 0) is 41.3 Å². The van der Waals surface area contributed by atoms with Crippen molar-refractivity contribution in [3.05, 3.63) is 89.2 Å². The Kier molecular flexibility index (Phi) is 5.35. The molecule has 0 aliphatic rings. The number of carbonyl (C=O) groups is 2. The third-order valence-corrected chi connectivity index (χ3v) is 5.15. The molecule has 0 saturated carbocycles. The lowest BCUT2D eigenvalue weighted by molar-refractivity contribution is -0.114. The molecule has 0 aliphatic heterocycles. The third-order valence-electron chi connectivity index (χ3n) is 5.15. The monoisotopic (exact) mass is 395 g/mol. The van der Waals surface area contributed by atoms with Gasteiger partial charge in [0.15, 0.2) is 6.29 Å². The highest BCUT2D eigenvalue weighted by molar-refractivity contribution is 6.02. The van der Waals surface area contributed by atoms with Crippen LogP contribution >= 0.6 is 0 Å². The van der Waals surface area contributed by atoms with E-state index >= 15 is 0 Å². The zero-order valence-corrected chi connectivity index (χ0v) is 16.8. The first-order valence-electron chi connectivity index (χ1n) is 9.73. The Balaban J connectivity index is 1.81. The van der Waals surface area contributed by atoms with Crippen LogP contribution < -0.4 is 5.32 Å². The van der Waals surface area contributed by atoms with Crippen LogP contribution in [-0.2, 0) is 11.2 Å². The second-order valence-corrected chi connectivity index (χ2v) is 7.23. The Morgan fingerprint density at radius 3 is 2.37 bits per heavy atom. The van der Waals surface area contributed by atoms with Gasteiger partial charge in [0.2, 0.25) is 5.91 Å². The highest BCUT2D eigenvalue weighted by atomic mass is 16.1. The van der Waals surface area contributed by atoms with Gasteiger partial charge in [-0.2, -0.15) is 5.10 Å². The Hall–Kier alpha value is -3.86. The van der Waals surface area contributed by atoms with Gasteiger partial charge in [-0.15, -0.1) is 5.10 Å². The van der Waals surface area contributed by atoms with E-state index in [9.17, 15) is 9.59 Å². The van der Waals surface area contributed by atoms with Gasteiger partial charge in [0.05, 0.1) is 5.69 Å². The van der Waals surface area contributed by atoms with Crippen LogP contribution in [0.3, 0.4) is 0 Å². The lowest BCUT2D eigenvalue weighted by Gasteiger charge is -2.14. The van der Waals surface area contributed by atoms with E-state index in [1.165, 1.54) is 6.92 Å². The molecule has 148 valence electrons. The molecule has 1 heterocycles. The van der Waals surface area contributed by atoms with Crippen molar-refractivity contribution >= 4 is 28.7 Å². The number of rotatable bonds is 5. The molecule has 3 aromatic carbocycles. The minimum atomic E-state index is -0.107. The van der Waals surface area contributed by atoms with Gasteiger partial charge in [-0.3, -0.25) is 9.59 Å². The summed E-state index contributed by atoms with van der Waals surface area (Å²) in [5.41, 5.74) is 6.07. The van der Waals surface area contributed by atoms with E-state index in [4.69, 9.17) is 0 Å². The Bertz CT molecular complexity index is 1230. The Morgan fingerprint density at radius 2 is 1.70 bits per heavy atom. The fraction of sp³-hybridized carbons (Fsp3) is 0.120. The molecule has 1 aromatic heterocycles. The topological polar surface area (TPSA) is 72.0 Å². The van der Waals surface area contributed by atoms with Crippen LogP contribution in [0.15, 0.2) is 66.7 Å². The number of aryl methyl sites for hydroxylation is 1. The molecule has 0 bridgehead atoms. The average molecular weight is 395 g/mol. The zero-order valence-electron chi connectivity index (χ0n) is 16.8. The Morgan fingerprint density at radius 1 is 0.967 bits per heavy atom. The van der Waals surface area contributed by atoms with Gasteiger partial charge >= 0.3 is 0 Å². The van der Waals surface area contributed by atoms with E-state index in [0.29, 0.717) is 12.1 Å². The number of nitrogens with zero attached hydrogens (tertiary/aromatic N) is 2. The molecule has 0 radical (unpaired) electrons. The summed E-state index contributed by atoms with van der Waals surface area (Å²) < 4.78 is 0. The van der Waals surface area contributed by atoms with Crippen LogP contribution in [0.4, 0.5) is 5.69 Å². The molecular weight excluding hydrogens is 374 g/mol. The van der Waals surface area contributed by atoms with Crippen molar-refractivity contribution in [2.45, 2.75) is 20.3 Å². The number of fused-ring (bicyclic) bond motifs is 1. The van der Waals surface area contributed by atoms with E-state index < -0.39 is 0 Å². The van der Waals surface area contributed by atoms with Crippen LogP contribution in [0.2, 0.25) is 0 Å². The van der Waals surface area contributed by atoms with Crippen molar-refractivity contribution < 1.29 is 9.59 Å². The molecule has 1 amide bonds. The lowest BCUT2D eigenvalue weighted by Crippen LogP contribution is -2.05. The number of nitrogens with one attached hydrogen (secondary N) is 1. The van der Waals surface area contributed by atoms with Gasteiger partial charge in [0, 0.05) is 29.8 Å². The maximum Gasteiger partial charge on any atom is 0.221 e. The maximum atomic E-state index is 11.7. The second kappa shape index (κ2) is 8.25. The van der Waals surface area contributed by atoms with Crippen molar-refractivity contribution in [3.8, 4) is 11.1 Å². The fourth-order valence-electron chi connectivity index (χ4n) is 3.75. The predicted molar refractivity (Wildman–Crippen MR) is 119 cm³/mol. The molecule has 4 aromatic rings. The number of aldehydes is 1. The van der Waals surface area contributed by atoms with E-state index in [1.807, 2.05) is 55.5 Å². The first kappa shape index (κ1) is 19.5. The highest BCUT2D eigenvalue weighted by Gasteiger charge is 2.15. The second-order valence-electron chi connectivity index (χ2n) is 7.23. The van der Waals surface area contributed by atoms with E-state index in [2.05, 4.69) is 33.7 Å². The molecule has 30 heavy (non-hydrogen) atoms. The first-order chi connectivity index (χ1) is 14.6. The summed E-state index contributed by atoms with van der Waals surface area (Å²) in [5.74, 6) is -0.107. The van der Waals surface area contributed by atoms with Crippen molar-refractivity contribution in [2.24, 2.45) is 0 Å². The van der Waals surface area contributed by atoms with Crippen LogP contribution in [0.5, 0.6) is 0 Å². The SMILES string of the molecule is CC(=O)Nc1ccc(-c2ccc3c(Cc4ccccc4)nnc(C=O)c3c2C)cc1. The molecular formula is C25H21N3O2. The summed E-state index contributed by atoms with van der Waals surface area (Å²) in [5, 5.41) is 13.1. The predicted octanol–water partition coefficient (Wildman–Crippen LogP) is 4.97. The van der Waals surface area contributed by atoms with E-state index in [-0.39, 0.29) is 5.91 Å². The third kappa shape index (κ3) is 3.82. The minimum absolute atomic E-state index is 0.107. The van der Waals surface area contributed by atoms with Gasteiger partial charge in [0.25, 0.3) is 0 Å². The summed E-state index contributed by atoms with van der Waals surface area (Å²) in [7, 11) is 0. The largest absolute Gasteiger partial charge is 0.326 e. The molecule has 0 atom stereocenters. The van der Waals surface area contributed by atoms with Gasteiger partial charge in [-0.25, -0.2) is 0 Å². The number of carbonyl (C=O) groups excluding carboxylic acids is 2. The standard InChI is InChI=1S/C25H21N3O2/c1-16-21(19-8-10-20(11-9-19)26-17(2)30)12-13-22-23(14-18-6-4-3-5-7-18)27-28-24(15-29)25(16)22/h3-13,15H,14H2,1-2H3,(H,26,30). The van der Waals surface area contributed by atoms with Crippen LogP contribution in [0, 0.1) is 6.92 Å². The number of benzene rings is 3. The number of anilines is 1. The highest BCUT2D eigenvalue weighted by Crippen LogP contribution is 2.33. The molecule has 0 aliphatic carbocycles. The number of aromatic nitrogens is 2. The molecule has 0 spiro atoms. The quantitative estimate of drug-likeness (QED) is 0.485. The summed E-state index contributed by atoms with van der Waals surface area (Å²) in [6, 6.07) is 21.8. The number of amides is 1. The summed E-state index contributed by atoms with van der Waals surface area (Å²) in [4.78, 5) is 22.9. The molecule has 0 unspecified atom stereocenters. The number of hydrogen-bond donors (Lipinski definition) is 1. The van der Waals surface area contributed by atoms with E-state index in [0.717, 1.165) is 50.7 Å². The van der Waals surface area contributed by atoms with Crippen LogP contribution in [0.25, 0.3) is 21.9 Å². The molecule has 0 saturated heterocycles. The van der Waals surface area contributed by atoms with Crippen molar-refractivity contribution in [1.29, 1.82) is 0 Å². The minimum Gasteiger partial charge on any atom is -0.326 e. The van der Waals surface area contributed by atoms with E-state index in [1.54, 1.807) is 0 Å². The Labute approximate surface area is 174 Å². The smallest absolute Gasteiger partial charge is 0.221 e. The average Bonchev–Trinajstić information content (AvgIpc) is 2.75.